The van der Waals surface area contributed by atoms with Crippen molar-refractivity contribution in [2.75, 3.05) is 44.8 Å². The molecule has 1 aromatic heterocycles. The molecule has 0 saturated carbocycles. The number of anilines is 1. The average Bonchev–Trinajstić information content (AvgIpc) is 2.46. The molecule has 0 bridgehead atoms. The lowest BCUT2D eigenvalue weighted by molar-refractivity contribution is 0.109. The molecular weight excluding hydrogens is 245 g/mol. The molecule has 1 aliphatic rings. The summed E-state index contributed by atoms with van der Waals surface area (Å²) in [4.78, 5) is 8.86. The van der Waals surface area contributed by atoms with Gasteiger partial charge in [-0.1, -0.05) is 6.92 Å². The van der Waals surface area contributed by atoms with Crippen LogP contribution in [0.4, 0.5) is 10.2 Å². The molecule has 5 heteroatoms. The molecule has 2 heterocycles. The minimum Gasteiger partial charge on any atom is -0.383 e. The first-order valence-corrected chi connectivity index (χ1v) is 6.84. The molecule has 4 nitrogen and oxygen atoms in total. The van der Waals surface area contributed by atoms with Crippen molar-refractivity contribution in [3.05, 3.63) is 24.1 Å². The molecule has 0 aromatic carbocycles. The van der Waals surface area contributed by atoms with Crippen molar-refractivity contribution in [3.8, 4) is 0 Å². The Bertz CT molecular complexity index is 385. The summed E-state index contributed by atoms with van der Waals surface area (Å²) in [6.45, 7) is 6.82. The highest BCUT2D eigenvalue weighted by Crippen LogP contribution is 2.18. The molecule has 0 radical (unpaired) electrons. The average molecular weight is 267 g/mol. The normalized spacial score (nSPS) is 20.8. The first-order chi connectivity index (χ1) is 9.24. The Kier molecular flexibility index (Phi) is 5.10. The van der Waals surface area contributed by atoms with Crippen molar-refractivity contribution < 1.29 is 9.13 Å². The zero-order valence-corrected chi connectivity index (χ0v) is 11.7. The molecule has 2 rings (SSSR count). The lowest BCUT2D eigenvalue weighted by atomic mass is 10.1. The van der Waals surface area contributed by atoms with Crippen LogP contribution < -0.4 is 4.90 Å². The number of methoxy groups -OCH3 is 1. The van der Waals surface area contributed by atoms with Crippen LogP contribution in [-0.2, 0) is 4.74 Å². The smallest absolute Gasteiger partial charge is 0.141 e. The largest absolute Gasteiger partial charge is 0.383 e. The number of pyridine rings is 1. The van der Waals surface area contributed by atoms with Crippen LogP contribution in [-0.4, -0.2) is 55.8 Å². The van der Waals surface area contributed by atoms with E-state index in [0.29, 0.717) is 6.04 Å². The molecule has 1 aromatic rings. The predicted molar refractivity (Wildman–Crippen MR) is 73.9 cm³/mol. The van der Waals surface area contributed by atoms with E-state index in [-0.39, 0.29) is 5.82 Å². The Morgan fingerprint density at radius 1 is 1.42 bits per heavy atom. The summed E-state index contributed by atoms with van der Waals surface area (Å²) in [7, 11) is 1.74. The van der Waals surface area contributed by atoms with Crippen molar-refractivity contribution in [1.82, 2.24) is 9.88 Å². The Balaban J connectivity index is 1.98. The molecule has 0 amide bonds. The summed E-state index contributed by atoms with van der Waals surface area (Å²) in [6.07, 6.45) is 2.38. The first-order valence-electron chi connectivity index (χ1n) is 6.84. The molecule has 0 N–H and O–H groups in total. The van der Waals surface area contributed by atoms with Crippen molar-refractivity contribution >= 4 is 5.82 Å². The topological polar surface area (TPSA) is 28.6 Å². The van der Waals surface area contributed by atoms with Crippen LogP contribution in [0, 0.1) is 5.82 Å². The van der Waals surface area contributed by atoms with Gasteiger partial charge < -0.3 is 9.64 Å². The van der Waals surface area contributed by atoms with Gasteiger partial charge in [0.15, 0.2) is 0 Å². The summed E-state index contributed by atoms with van der Waals surface area (Å²) in [5.74, 6) is 0.584. The summed E-state index contributed by atoms with van der Waals surface area (Å²) in [6, 6.07) is 3.74. The lowest BCUT2D eigenvalue weighted by Crippen LogP contribution is -2.54. The Morgan fingerprint density at radius 2 is 2.26 bits per heavy atom. The third-order valence-corrected chi connectivity index (χ3v) is 3.69. The summed E-state index contributed by atoms with van der Waals surface area (Å²) in [5, 5.41) is 0. The minimum absolute atomic E-state index is 0.283. The fourth-order valence-electron chi connectivity index (χ4n) is 2.55. The van der Waals surface area contributed by atoms with E-state index in [1.54, 1.807) is 13.2 Å². The van der Waals surface area contributed by atoms with Crippen molar-refractivity contribution in [2.45, 2.75) is 19.4 Å². The second-order valence-corrected chi connectivity index (χ2v) is 4.87. The molecule has 106 valence electrons. The number of rotatable bonds is 5. The number of hydrogen-bond acceptors (Lipinski definition) is 4. The van der Waals surface area contributed by atoms with Gasteiger partial charge in [-0.05, 0) is 18.6 Å². The molecule has 1 fully saturated rings. The van der Waals surface area contributed by atoms with E-state index in [1.165, 1.54) is 12.3 Å². The summed E-state index contributed by atoms with van der Waals surface area (Å²) in [5.41, 5.74) is 0. The highest BCUT2D eigenvalue weighted by molar-refractivity contribution is 5.38. The van der Waals surface area contributed by atoms with E-state index in [1.807, 2.05) is 0 Å². The lowest BCUT2D eigenvalue weighted by Gasteiger charge is -2.41. The third kappa shape index (κ3) is 3.64. The summed E-state index contributed by atoms with van der Waals surface area (Å²) < 4.78 is 18.0. The van der Waals surface area contributed by atoms with E-state index < -0.39 is 0 Å². The van der Waals surface area contributed by atoms with Crippen molar-refractivity contribution in [3.63, 3.8) is 0 Å². The molecule has 1 saturated heterocycles. The maximum absolute atomic E-state index is 12.9. The van der Waals surface area contributed by atoms with Crippen LogP contribution in [0.25, 0.3) is 0 Å². The minimum atomic E-state index is -0.283. The zero-order valence-electron chi connectivity index (χ0n) is 11.7. The molecule has 1 unspecified atom stereocenters. The van der Waals surface area contributed by atoms with Gasteiger partial charge >= 0.3 is 0 Å². The van der Waals surface area contributed by atoms with E-state index in [4.69, 9.17) is 4.74 Å². The van der Waals surface area contributed by atoms with Gasteiger partial charge in [0.1, 0.15) is 11.6 Å². The fraction of sp³-hybridized carbons (Fsp3) is 0.643. The van der Waals surface area contributed by atoms with E-state index in [0.717, 1.165) is 45.0 Å². The van der Waals surface area contributed by atoms with Crippen LogP contribution in [0.3, 0.4) is 0 Å². The molecule has 0 aliphatic carbocycles. The van der Waals surface area contributed by atoms with Crippen molar-refractivity contribution in [2.24, 2.45) is 0 Å². The van der Waals surface area contributed by atoms with E-state index in [9.17, 15) is 4.39 Å². The molecule has 1 atom stereocenters. The molecule has 0 spiro atoms. The molecule has 1 aliphatic heterocycles. The van der Waals surface area contributed by atoms with Crippen LogP contribution >= 0.6 is 0 Å². The number of hydrogen-bond donors (Lipinski definition) is 0. The number of halogens is 1. The zero-order chi connectivity index (χ0) is 13.7. The Labute approximate surface area is 114 Å². The van der Waals surface area contributed by atoms with Gasteiger partial charge in [-0.15, -0.1) is 0 Å². The molecular formula is C14H22FN3O. The van der Waals surface area contributed by atoms with Gasteiger partial charge in [0.05, 0.1) is 12.8 Å². The van der Waals surface area contributed by atoms with Gasteiger partial charge in [-0.25, -0.2) is 9.37 Å². The highest BCUT2D eigenvalue weighted by Gasteiger charge is 2.25. The number of piperazine rings is 1. The second-order valence-electron chi connectivity index (χ2n) is 4.87. The standard InChI is InChI=1S/C14H22FN3O/c1-3-13-11-18(7-6-17(13)8-9-19-2)14-5-4-12(15)10-16-14/h4-5,10,13H,3,6-9,11H2,1-2H3. The van der Waals surface area contributed by atoms with Crippen LogP contribution in [0.1, 0.15) is 13.3 Å². The van der Waals surface area contributed by atoms with Gasteiger partial charge in [-0.2, -0.15) is 0 Å². The number of ether oxygens (including phenoxy) is 1. The van der Waals surface area contributed by atoms with Gasteiger partial charge in [0.25, 0.3) is 0 Å². The van der Waals surface area contributed by atoms with Gasteiger partial charge in [-0.3, -0.25) is 4.90 Å². The fourth-order valence-corrected chi connectivity index (χ4v) is 2.55. The monoisotopic (exact) mass is 267 g/mol. The number of nitrogens with zero attached hydrogens (tertiary/aromatic N) is 3. The van der Waals surface area contributed by atoms with E-state index in [2.05, 4.69) is 21.7 Å². The highest BCUT2D eigenvalue weighted by atomic mass is 19.1. The van der Waals surface area contributed by atoms with Gasteiger partial charge in [0.2, 0.25) is 0 Å². The van der Waals surface area contributed by atoms with Crippen molar-refractivity contribution in [1.29, 1.82) is 0 Å². The Morgan fingerprint density at radius 3 is 2.89 bits per heavy atom. The first kappa shape index (κ1) is 14.2. The molecule has 19 heavy (non-hydrogen) atoms. The van der Waals surface area contributed by atoms with Crippen LogP contribution in [0.15, 0.2) is 18.3 Å². The maximum Gasteiger partial charge on any atom is 0.141 e. The van der Waals surface area contributed by atoms with Crippen LogP contribution in [0.5, 0.6) is 0 Å². The van der Waals surface area contributed by atoms with Gasteiger partial charge in [0, 0.05) is 39.3 Å². The SMILES string of the molecule is CCC1CN(c2ccc(F)cn2)CCN1CCOC. The third-order valence-electron chi connectivity index (χ3n) is 3.69. The maximum atomic E-state index is 12.9. The quantitative estimate of drug-likeness (QED) is 0.813. The summed E-state index contributed by atoms with van der Waals surface area (Å²) >= 11 is 0. The number of aromatic nitrogens is 1. The van der Waals surface area contributed by atoms with Crippen LogP contribution in [0.2, 0.25) is 0 Å². The van der Waals surface area contributed by atoms with E-state index >= 15 is 0 Å². The Hall–Kier alpha value is -1.20. The predicted octanol–water partition coefficient (Wildman–Crippen LogP) is 1.77. The second kappa shape index (κ2) is 6.82.